The predicted octanol–water partition coefficient (Wildman–Crippen LogP) is 2.94. The highest BCUT2D eigenvalue weighted by Gasteiger charge is 2.51. The molecule has 5 heterocycles. The number of rotatable bonds is 6. The Morgan fingerprint density at radius 1 is 1.26 bits per heavy atom. The molecule has 2 atom stereocenters. The second-order valence-corrected chi connectivity index (χ2v) is 9.91. The summed E-state index contributed by atoms with van der Waals surface area (Å²) in [6.45, 7) is 8.20. The van der Waals surface area contributed by atoms with Crippen molar-refractivity contribution in [3.05, 3.63) is 23.5 Å². The van der Waals surface area contributed by atoms with Crippen LogP contribution in [0.3, 0.4) is 0 Å². The van der Waals surface area contributed by atoms with Crippen LogP contribution in [0.4, 0.5) is 25.5 Å². The first-order valence-electron chi connectivity index (χ1n) is 10.9. The first-order chi connectivity index (χ1) is 15.0. The van der Waals surface area contributed by atoms with E-state index in [1.165, 1.54) is 11.5 Å². The SMILES string of the molecule is Cc1cc(Nc2ncc(C)c(N3CC(CCF)(N4CCN5C[C@H](F)C[C@H]5C4)C3)n2)sn1. The van der Waals surface area contributed by atoms with Crippen LogP contribution >= 0.6 is 11.5 Å². The van der Waals surface area contributed by atoms with Gasteiger partial charge in [-0.25, -0.2) is 9.37 Å². The van der Waals surface area contributed by atoms with Gasteiger partial charge >= 0.3 is 0 Å². The molecule has 0 aromatic carbocycles. The van der Waals surface area contributed by atoms with Crippen LogP contribution in [0.15, 0.2) is 12.3 Å². The summed E-state index contributed by atoms with van der Waals surface area (Å²) in [4.78, 5) is 16.0. The van der Waals surface area contributed by atoms with Crippen LogP contribution < -0.4 is 10.2 Å². The number of aromatic nitrogens is 3. The molecule has 31 heavy (non-hydrogen) atoms. The lowest BCUT2D eigenvalue weighted by Crippen LogP contribution is -2.73. The van der Waals surface area contributed by atoms with E-state index in [2.05, 4.69) is 29.4 Å². The van der Waals surface area contributed by atoms with Crippen LogP contribution in [0.2, 0.25) is 0 Å². The van der Waals surface area contributed by atoms with Crippen molar-refractivity contribution in [1.82, 2.24) is 24.1 Å². The number of alkyl halides is 2. The molecule has 2 aromatic rings. The van der Waals surface area contributed by atoms with Gasteiger partial charge in [0.15, 0.2) is 0 Å². The monoisotopic (exact) mass is 449 g/mol. The van der Waals surface area contributed by atoms with Gasteiger partial charge in [0.2, 0.25) is 5.95 Å². The zero-order chi connectivity index (χ0) is 21.6. The van der Waals surface area contributed by atoms with E-state index in [0.29, 0.717) is 25.3 Å². The number of hydrogen-bond acceptors (Lipinski definition) is 8. The molecule has 168 valence electrons. The highest BCUT2D eigenvalue weighted by atomic mass is 32.1. The molecule has 0 radical (unpaired) electrons. The van der Waals surface area contributed by atoms with Gasteiger partial charge in [0.25, 0.3) is 0 Å². The number of nitrogens with zero attached hydrogens (tertiary/aromatic N) is 6. The fourth-order valence-electron chi connectivity index (χ4n) is 5.26. The molecular formula is C21H29F2N7S. The largest absolute Gasteiger partial charge is 0.352 e. The quantitative estimate of drug-likeness (QED) is 0.728. The Balaban J connectivity index is 1.30. The van der Waals surface area contributed by atoms with E-state index in [-0.39, 0.29) is 18.3 Å². The summed E-state index contributed by atoms with van der Waals surface area (Å²) in [6, 6.07) is 2.22. The van der Waals surface area contributed by atoms with Crippen LogP contribution in [-0.4, -0.2) is 87.8 Å². The molecule has 7 nitrogen and oxygen atoms in total. The third-order valence-corrected chi connectivity index (χ3v) is 7.67. The summed E-state index contributed by atoms with van der Waals surface area (Å²) in [5.74, 6) is 1.43. The average Bonchev–Trinajstić information content (AvgIpc) is 3.29. The first-order valence-corrected chi connectivity index (χ1v) is 11.7. The van der Waals surface area contributed by atoms with Crippen LogP contribution in [0.25, 0.3) is 0 Å². The third kappa shape index (κ3) is 4.01. The normalized spacial score (nSPS) is 26.0. The number of fused-ring (bicyclic) bond motifs is 1. The molecule has 0 aliphatic carbocycles. The number of nitrogens with one attached hydrogen (secondary N) is 1. The number of anilines is 3. The molecule has 0 amide bonds. The van der Waals surface area contributed by atoms with E-state index < -0.39 is 6.17 Å². The van der Waals surface area contributed by atoms with Gasteiger partial charge in [-0.2, -0.15) is 9.36 Å². The van der Waals surface area contributed by atoms with Crippen LogP contribution in [0, 0.1) is 13.8 Å². The summed E-state index contributed by atoms with van der Waals surface area (Å²) in [5.41, 5.74) is 1.76. The summed E-state index contributed by atoms with van der Waals surface area (Å²) in [7, 11) is 0. The van der Waals surface area contributed by atoms with Gasteiger partial charge in [0, 0.05) is 57.1 Å². The molecule has 3 saturated heterocycles. The van der Waals surface area contributed by atoms with Crippen LogP contribution in [-0.2, 0) is 0 Å². The number of piperazine rings is 1. The lowest BCUT2D eigenvalue weighted by molar-refractivity contribution is -0.0111. The van der Waals surface area contributed by atoms with E-state index in [1.54, 1.807) is 0 Å². The second-order valence-electron chi connectivity index (χ2n) is 9.10. The van der Waals surface area contributed by atoms with Crippen molar-refractivity contribution in [2.24, 2.45) is 0 Å². The summed E-state index contributed by atoms with van der Waals surface area (Å²) in [5, 5.41) is 4.14. The first kappa shape index (κ1) is 21.0. The molecule has 5 rings (SSSR count). The van der Waals surface area contributed by atoms with E-state index in [9.17, 15) is 8.78 Å². The van der Waals surface area contributed by atoms with Crippen molar-refractivity contribution in [3.63, 3.8) is 0 Å². The topological polar surface area (TPSA) is 60.4 Å². The Morgan fingerprint density at radius 2 is 2.10 bits per heavy atom. The third-order valence-electron chi connectivity index (χ3n) is 6.87. The zero-order valence-corrected chi connectivity index (χ0v) is 18.8. The molecule has 1 N–H and O–H groups in total. The van der Waals surface area contributed by atoms with E-state index in [4.69, 9.17) is 4.98 Å². The Kier molecular flexibility index (Phi) is 5.56. The molecule has 0 spiro atoms. The van der Waals surface area contributed by atoms with Gasteiger partial charge in [-0.1, -0.05) is 0 Å². The van der Waals surface area contributed by atoms with Gasteiger partial charge < -0.3 is 10.2 Å². The van der Waals surface area contributed by atoms with Crippen molar-refractivity contribution in [1.29, 1.82) is 0 Å². The van der Waals surface area contributed by atoms with Crippen molar-refractivity contribution in [3.8, 4) is 0 Å². The van der Waals surface area contributed by atoms with Crippen molar-refractivity contribution < 1.29 is 8.78 Å². The molecule has 3 aliphatic heterocycles. The van der Waals surface area contributed by atoms with Gasteiger partial charge in [0.05, 0.1) is 17.9 Å². The lowest BCUT2D eigenvalue weighted by Gasteiger charge is -2.58. The molecule has 3 fully saturated rings. The van der Waals surface area contributed by atoms with Gasteiger partial charge in [-0.05, 0) is 44.3 Å². The molecule has 0 unspecified atom stereocenters. The number of aryl methyl sites for hydroxylation is 2. The minimum Gasteiger partial charge on any atom is -0.352 e. The van der Waals surface area contributed by atoms with Gasteiger partial charge in [-0.15, -0.1) is 0 Å². The predicted molar refractivity (Wildman–Crippen MR) is 119 cm³/mol. The minimum atomic E-state index is -0.725. The minimum absolute atomic E-state index is 0.199. The maximum Gasteiger partial charge on any atom is 0.229 e. The summed E-state index contributed by atoms with van der Waals surface area (Å²) in [6.07, 6.45) is 2.21. The number of hydrogen-bond donors (Lipinski definition) is 1. The Bertz CT molecular complexity index is 932. The fourth-order valence-corrected chi connectivity index (χ4v) is 5.92. The average molecular weight is 450 g/mol. The summed E-state index contributed by atoms with van der Waals surface area (Å²) >= 11 is 1.38. The van der Waals surface area contributed by atoms with Crippen molar-refractivity contribution in [2.45, 2.75) is 44.4 Å². The molecular weight excluding hydrogens is 420 g/mol. The zero-order valence-electron chi connectivity index (χ0n) is 18.0. The standard InChI is InChI=1S/C21H29F2N7S/c1-14-9-24-20(25-18-7-15(2)27-31-18)26-19(14)29-12-21(13-29,3-4-22)30-6-5-28-10-16(23)8-17(28)11-30/h7,9,16-17H,3-6,8,10-13H2,1-2H3,(H,24,25,26)/t16-,17+/m1/s1. The lowest BCUT2D eigenvalue weighted by atomic mass is 9.83. The maximum atomic E-state index is 13.9. The smallest absolute Gasteiger partial charge is 0.229 e. The van der Waals surface area contributed by atoms with Gasteiger partial charge in [0.1, 0.15) is 17.0 Å². The van der Waals surface area contributed by atoms with Crippen LogP contribution in [0.5, 0.6) is 0 Å². The molecule has 0 bridgehead atoms. The van der Waals surface area contributed by atoms with Crippen LogP contribution in [0.1, 0.15) is 24.1 Å². The Morgan fingerprint density at radius 3 is 2.84 bits per heavy atom. The fraction of sp³-hybridized carbons (Fsp3) is 0.667. The highest BCUT2D eigenvalue weighted by molar-refractivity contribution is 7.10. The van der Waals surface area contributed by atoms with Gasteiger partial charge in [-0.3, -0.25) is 14.2 Å². The molecule has 3 aliphatic rings. The molecule has 2 aromatic heterocycles. The van der Waals surface area contributed by atoms with Crippen molar-refractivity contribution in [2.75, 3.05) is 56.2 Å². The van der Waals surface area contributed by atoms with E-state index in [1.807, 2.05) is 26.1 Å². The second kappa shape index (κ2) is 8.22. The van der Waals surface area contributed by atoms with Crippen molar-refractivity contribution >= 4 is 28.3 Å². The number of halogens is 2. The Labute approximate surface area is 185 Å². The van der Waals surface area contributed by atoms with E-state index >= 15 is 0 Å². The molecule has 0 saturated carbocycles. The molecule has 10 heteroatoms. The van der Waals surface area contributed by atoms with E-state index in [0.717, 1.165) is 54.8 Å². The maximum absolute atomic E-state index is 13.9. The highest BCUT2D eigenvalue weighted by Crippen LogP contribution is 2.38. The Hall–Kier alpha value is -1.91. The summed E-state index contributed by atoms with van der Waals surface area (Å²) < 4.78 is 31.7.